The smallest absolute Gasteiger partial charge is 0.310 e. The third kappa shape index (κ3) is 5.42. The lowest BCUT2D eigenvalue weighted by molar-refractivity contribution is -0.149. The van der Waals surface area contributed by atoms with Crippen LogP contribution in [0, 0.1) is 5.92 Å². The Balaban J connectivity index is 1.59. The third-order valence-corrected chi connectivity index (χ3v) is 6.81. The van der Waals surface area contributed by atoms with E-state index < -0.39 is 16.1 Å². The molecule has 1 unspecified atom stereocenters. The van der Waals surface area contributed by atoms with E-state index in [0.717, 1.165) is 37.3 Å². The molecule has 1 N–H and O–H groups in total. The van der Waals surface area contributed by atoms with E-state index in [9.17, 15) is 13.2 Å². The van der Waals surface area contributed by atoms with Gasteiger partial charge in [-0.05, 0) is 56.7 Å². The van der Waals surface area contributed by atoms with E-state index in [1.165, 1.54) is 10.7 Å². The summed E-state index contributed by atoms with van der Waals surface area (Å²) in [7, 11) is -3.66. The standard InChI is InChI=1S/C19H30N4O4S/c1-2-27-19(24)17-7-6-12-23(15-17)28(25,26)21-14-16-8-9-20-18(13-16)22-10-4-3-5-11-22/h8-9,13,17,21H,2-7,10-12,14-15H2,1H3. The highest BCUT2D eigenvalue weighted by molar-refractivity contribution is 7.87. The fourth-order valence-electron chi connectivity index (χ4n) is 3.75. The van der Waals surface area contributed by atoms with Gasteiger partial charge in [0.1, 0.15) is 5.82 Å². The van der Waals surface area contributed by atoms with Gasteiger partial charge in [0.05, 0.1) is 12.5 Å². The molecule has 2 saturated heterocycles. The summed E-state index contributed by atoms with van der Waals surface area (Å²) in [5.41, 5.74) is 0.873. The highest BCUT2D eigenvalue weighted by atomic mass is 32.2. The zero-order valence-corrected chi connectivity index (χ0v) is 17.3. The van der Waals surface area contributed by atoms with Gasteiger partial charge in [0.15, 0.2) is 0 Å². The number of pyridine rings is 1. The van der Waals surface area contributed by atoms with Crippen molar-refractivity contribution < 1.29 is 17.9 Å². The van der Waals surface area contributed by atoms with Crippen LogP contribution in [-0.2, 0) is 26.3 Å². The van der Waals surface area contributed by atoms with Crippen LogP contribution in [0.1, 0.15) is 44.6 Å². The molecule has 8 nitrogen and oxygen atoms in total. The molecule has 2 aliphatic heterocycles. The van der Waals surface area contributed by atoms with Crippen LogP contribution in [-0.4, -0.2) is 56.5 Å². The average molecular weight is 411 g/mol. The number of hydrogen-bond acceptors (Lipinski definition) is 6. The second kappa shape index (κ2) is 9.67. The number of carbonyl (C=O) groups is 1. The van der Waals surface area contributed by atoms with Crippen LogP contribution in [0.25, 0.3) is 0 Å². The number of esters is 1. The molecule has 0 saturated carbocycles. The summed E-state index contributed by atoms with van der Waals surface area (Å²) in [4.78, 5) is 18.6. The van der Waals surface area contributed by atoms with Crippen LogP contribution in [0.2, 0.25) is 0 Å². The molecule has 0 spiro atoms. The molecule has 156 valence electrons. The van der Waals surface area contributed by atoms with Crippen molar-refractivity contribution in [3.63, 3.8) is 0 Å². The first kappa shape index (κ1) is 21.0. The average Bonchev–Trinajstić information content (AvgIpc) is 2.73. The maximum absolute atomic E-state index is 12.7. The van der Waals surface area contributed by atoms with Gasteiger partial charge in [-0.1, -0.05) is 0 Å². The molecule has 1 aromatic heterocycles. The quantitative estimate of drug-likeness (QED) is 0.688. The van der Waals surface area contributed by atoms with Crippen LogP contribution >= 0.6 is 0 Å². The van der Waals surface area contributed by atoms with Crippen molar-refractivity contribution >= 4 is 22.0 Å². The van der Waals surface area contributed by atoms with Gasteiger partial charge in [0, 0.05) is 38.9 Å². The third-order valence-electron chi connectivity index (χ3n) is 5.29. The van der Waals surface area contributed by atoms with Crippen molar-refractivity contribution in [1.82, 2.24) is 14.0 Å². The van der Waals surface area contributed by atoms with Gasteiger partial charge < -0.3 is 9.64 Å². The monoisotopic (exact) mass is 410 g/mol. The van der Waals surface area contributed by atoms with Crippen LogP contribution < -0.4 is 9.62 Å². The van der Waals surface area contributed by atoms with Crippen LogP contribution in [0.5, 0.6) is 0 Å². The Morgan fingerprint density at radius 1 is 1.25 bits per heavy atom. The molecular weight excluding hydrogens is 380 g/mol. The van der Waals surface area contributed by atoms with Crippen LogP contribution in [0.15, 0.2) is 18.3 Å². The predicted octanol–water partition coefficient (Wildman–Crippen LogP) is 1.68. The van der Waals surface area contributed by atoms with Crippen LogP contribution in [0.4, 0.5) is 5.82 Å². The van der Waals surface area contributed by atoms with E-state index >= 15 is 0 Å². The Morgan fingerprint density at radius 2 is 2.04 bits per heavy atom. The molecule has 3 heterocycles. The number of rotatable bonds is 7. The summed E-state index contributed by atoms with van der Waals surface area (Å²) in [6.07, 6.45) is 6.61. The lowest BCUT2D eigenvalue weighted by Gasteiger charge is -2.30. The lowest BCUT2D eigenvalue weighted by Crippen LogP contribution is -2.47. The molecule has 0 amide bonds. The minimum Gasteiger partial charge on any atom is -0.466 e. The molecule has 0 radical (unpaired) electrons. The molecule has 2 aliphatic rings. The topological polar surface area (TPSA) is 91.8 Å². The predicted molar refractivity (Wildman–Crippen MR) is 107 cm³/mol. The Morgan fingerprint density at radius 3 is 2.79 bits per heavy atom. The zero-order chi connectivity index (χ0) is 20.0. The minimum absolute atomic E-state index is 0.170. The van der Waals surface area contributed by atoms with E-state index in [1.54, 1.807) is 13.1 Å². The maximum Gasteiger partial charge on any atom is 0.310 e. The number of carbonyl (C=O) groups excluding carboxylic acids is 1. The minimum atomic E-state index is -3.66. The van der Waals surface area contributed by atoms with Crippen molar-refractivity contribution in [2.75, 3.05) is 37.7 Å². The number of piperidine rings is 2. The largest absolute Gasteiger partial charge is 0.466 e. The van der Waals surface area contributed by atoms with Gasteiger partial charge in [-0.2, -0.15) is 17.4 Å². The number of ether oxygens (including phenoxy) is 1. The van der Waals surface area contributed by atoms with E-state index in [0.29, 0.717) is 26.0 Å². The molecule has 3 rings (SSSR count). The van der Waals surface area contributed by atoms with Crippen molar-refractivity contribution in [3.05, 3.63) is 23.9 Å². The van der Waals surface area contributed by atoms with Gasteiger partial charge in [-0.15, -0.1) is 0 Å². The molecule has 9 heteroatoms. The summed E-state index contributed by atoms with van der Waals surface area (Å²) < 4.78 is 34.5. The Kier molecular flexibility index (Phi) is 7.25. The number of aromatic nitrogens is 1. The van der Waals surface area contributed by atoms with Crippen LogP contribution in [0.3, 0.4) is 0 Å². The van der Waals surface area contributed by atoms with Gasteiger partial charge in [0.25, 0.3) is 10.2 Å². The number of anilines is 1. The first-order valence-electron chi connectivity index (χ1n) is 10.1. The van der Waals surface area contributed by atoms with E-state index in [2.05, 4.69) is 14.6 Å². The molecule has 0 aliphatic carbocycles. The highest BCUT2D eigenvalue weighted by Crippen LogP contribution is 2.21. The normalized spacial score (nSPS) is 21.5. The van der Waals surface area contributed by atoms with Gasteiger partial charge >= 0.3 is 5.97 Å². The number of nitrogens with one attached hydrogen (secondary N) is 1. The Bertz CT molecular complexity index is 765. The summed E-state index contributed by atoms with van der Waals surface area (Å²) in [5, 5.41) is 0. The van der Waals surface area contributed by atoms with E-state index in [4.69, 9.17) is 4.74 Å². The number of hydrogen-bond donors (Lipinski definition) is 1. The molecular formula is C19H30N4O4S. The van der Waals surface area contributed by atoms with E-state index in [-0.39, 0.29) is 19.1 Å². The fraction of sp³-hybridized carbons (Fsp3) is 0.684. The maximum atomic E-state index is 12.7. The van der Waals surface area contributed by atoms with Gasteiger partial charge in [-0.3, -0.25) is 4.79 Å². The molecule has 0 aromatic carbocycles. The SMILES string of the molecule is CCOC(=O)C1CCCN(S(=O)(=O)NCc2ccnc(N3CCCCC3)c2)C1. The summed E-state index contributed by atoms with van der Waals surface area (Å²) in [5.74, 6) is 0.191. The summed E-state index contributed by atoms with van der Waals surface area (Å²) in [6, 6.07) is 3.78. The zero-order valence-electron chi connectivity index (χ0n) is 16.5. The second-order valence-corrected chi connectivity index (χ2v) is 9.10. The first-order chi connectivity index (χ1) is 13.5. The summed E-state index contributed by atoms with van der Waals surface area (Å²) >= 11 is 0. The van der Waals surface area contributed by atoms with Crippen molar-refractivity contribution in [2.45, 2.75) is 45.6 Å². The van der Waals surface area contributed by atoms with Gasteiger partial charge in [-0.25, -0.2) is 4.98 Å². The van der Waals surface area contributed by atoms with Crippen molar-refractivity contribution in [2.24, 2.45) is 5.92 Å². The molecule has 1 aromatic rings. The molecule has 28 heavy (non-hydrogen) atoms. The first-order valence-corrected chi connectivity index (χ1v) is 11.5. The fourth-order valence-corrected chi connectivity index (χ4v) is 5.02. The Labute approximate surface area is 167 Å². The molecule has 2 fully saturated rings. The van der Waals surface area contributed by atoms with Crippen molar-refractivity contribution in [3.8, 4) is 0 Å². The van der Waals surface area contributed by atoms with Crippen molar-refractivity contribution in [1.29, 1.82) is 0 Å². The molecule has 1 atom stereocenters. The molecule has 0 bridgehead atoms. The highest BCUT2D eigenvalue weighted by Gasteiger charge is 2.32. The second-order valence-electron chi connectivity index (χ2n) is 7.35. The lowest BCUT2D eigenvalue weighted by atomic mass is 10.0. The number of nitrogens with zero attached hydrogens (tertiary/aromatic N) is 3. The van der Waals surface area contributed by atoms with E-state index in [1.807, 2.05) is 12.1 Å². The summed E-state index contributed by atoms with van der Waals surface area (Å²) in [6.45, 7) is 4.83. The Hall–Kier alpha value is -1.71. The van der Waals surface area contributed by atoms with Gasteiger partial charge in [0.2, 0.25) is 0 Å².